The van der Waals surface area contributed by atoms with E-state index < -0.39 is 0 Å². The molecule has 3 aromatic rings. The standard InChI is InChI=1S/C18H19N3O3S/c1-21(11-14-10-16(24-20-14)17-7-4-8-25-17)12-18(22)19-13-5-3-6-15(9-13)23-2/h3-10H,11-12H2,1-2H3,(H,19,22). The van der Waals surface area contributed by atoms with Crippen molar-refractivity contribution in [3.8, 4) is 16.4 Å². The van der Waals surface area contributed by atoms with Crippen LogP contribution in [0.2, 0.25) is 0 Å². The van der Waals surface area contributed by atoms with E-state index in [9.17, 15) is 4.79 Å². The van der Waals surface area contributed by atoms with Crippen molar-refractivity contribution in [2.24, 2.45) is 0 Å². The Morgan fingerprint density at radius 2 is 2.20 bits per heavy atom. The van der Waals surface area contributed by atoms with E-state index >= 15 is 0 Å². The van der Waals surface area contributed by atoms with Gasteiger partial charge in [-0.1, -0.05) is 17.3 Å². The first-order valence-electron chi connectivity index (χ1n) is 7.76. The molecule has 3 rings (SSSR count). The monoisotopic (exact) mass is 357 g/mol. The van der Waals surface area contributed by atoms with E-state index in [1.807, 2.05) is 53.7 Å². The molecule has 0 unspecified atom stereocenters. The molecule has 1 N–H and O–H groups in total. The van der Waals surface area contributed by atoms with Gasteiger partial charge in [-0.15, -0.1) is 11.3 Å². The predicted octanol–water partition coefficient (Wildman–Crippen LogP) is 3.48. The smallest absolute Gasteiger partial charge is 0.238 e. The van der Waals surface area contributed by atoms with Crippen LogP contribution in [-0.2, 0) is 11.3 Å². The number of hydrogen-bond donors (Lipinski definition) is 1. The van der Waals surface area contributed by atoms with E-state index in [1.54, 1.807) is 24.5 Å². The average molecular weight is 357 g/mol. The molecule has 0 saturated carbocycles. The fourth-order valence-corrected chi connectivity index (χ4v) is 3.07. The second kappa shape index (κ2) is 7.96. The number of aromatic nitrogens is 1. The number of amides is 1. The van der Waals surface area contributed by atoms with Gasteiger partial charge in [0.15, 0.2) is 5.76 Å². The first-order chi connectivity index (χ1) is 12.1. The van der Waals surface area contributed by atoms with E-state index in [-0.39, 0.29) is 12.5 Å². The van der Waals surface area contributed by atoms with Gasteiger partial charge in [-0.2, -0.15) is 0 Å². The molecule has 0 radical (unpaired) electrons. The van der Waals surface area contributed by atoms with Gasteiger partial charge in [0.2, 0.25) is 5.91 Å². The molecule has 7 heteroatoms. The van der Waals surface area contributed by atoms with E-state index in [4.69, 9.17) is 9.26 Å². The highest BCUT2D eigenvalue weighted by atomic mass is 32.1. The fraction of sp³-hybridized carbons (Fsp3) is 0.222. The number of nitrogens with one attached hydrogen (secondary N) is 1. The van der Waals surface area contributed by atoms with Crippen LogP contribution in [-0.4, -0.2) is 36.7 Å². The number of hydrogen-bond acceptors (Lipinski definition) is 6. The van der Waals surface area contributed by atoms with Crippen LogP contribution in [0.3, 0.4) is 0 Å². The zero-order chi connectivity index (χ0) is 17.6. The first kappa shape index (κ1) is 17.2. The molecule has 0 saturated heterocycles. The van der Waals surface area contributed by atoms with Crippen molar-refractivity contribution in [2.75, 3.05) is 26.0 Å². The highest BCUT2D eigenvalue weighted by molar-refractivity contribution is 7.13. The number of carbonyl (C=O) groups excluding carboxylic acids is 1. The summed E-state index contributed by atoms with van der Waals surface area (Å²) in [5.74, 6) is 1.35. The second-order valence-corrected chi connectivity index (χ2v) is 6.56. The highest BCUT2D eigenvalue weighted by Crippen LogP contribution is 2.25. The summed E-state index contributed by atoms with van der Waals surface area (Å²) in [5, 5.41) is 8.92. The molecule has 130 valence electrons. The Morgan fingerprint density at radius 3 is 2.96 bits per heavy atom. The first-order valence-corrected chi connectivity index (χ1v) is 8.64. The van der Waals surface area contributed by atoms with Crippen molar-refractivity contribution >= 4 is 22.9 Å². The average Bonchev–Trinajstić information content (AvgIpc) is 3.26. The summed E-state index contributed by atoms with van der Waals surface area (Å²) >= 11 is 1.60. The van der Waals surface area contributed by atoms with Crippen molar-refractivity contribution in [3.05, 3.63) is 53.5 Å². The molecular weight excluding hydrogens is 338 g/mol. The Kier molecular flexibility index (Phi) is 5.47. The van der Waals surface area contributed by atoms with Gasteiger partial charge in [0.1, 0.15) is 5.75 Å². The lowest BCUT2D eigenvalue weighted by Crippen LogP contribution is -2.29. The van der Waals surface area contributed by atoms with Crippen LogP contribution in [0.25, 0.3) is 10.6 Å². The molecule has 0 spiro atoms. The maximum atomic E-state index is 12.2. The number of likely N-dealkylation sites (N-methyl/N-ethyl adjacent to an activating group) is 1. The van der Waals surface area contributed by atoms with Gasteiger partial charge < -0.3 is 14.6 Å². The third-order valence-electron chi connectivity index (χ3n) is 3.52. The molecule has 2 aromatic heterocycles. The molecule has 0 aliphatic rings. The number of nitrogens with zero attached hydrogens (tertiary/aromatic N) is 2. The molecule has 6 nitrogen and oxygen atoms in total. The Bertz CT molecular complexity index is 830. The van der Waals surface area contributed by atoms with Crippen molar-refractivity contribution < 1.29 is 14.1 Å². The third kappa shape index (κ3) is 4.68. The Morgan fingerprint density at radius 1 is 1.32 bits per heavy atom. The van der Waals surface area contributed by atoms with Crippen LogP contribution >= 0.6 is 11.3 Å². The predicted molar refractivity (Wildman–Crippen MR) is 97.8 cm³/mol. The number of rotatable bonds is 7. The molecular formula is C18H19N3O3S. The van der Waals surface area contributed by atoms with Gasteiger partial charge >= 0.3 is 0 Å². The molecule has 1 amide bonds. The van der Waals surface area contributed by atoms with Crippen LogP contribution in [0.5, 0.6) is 5.75 Å². The van der Waals surface area contributed by atoms with Gasteiger partial charge in [0, 0.05) is 24.4 Å². The molecule has 0 aliphatic heterocycles. The maximum absolute atomic E-state index is 12.2. The number of carbonyl (C=O) groups is 1. The summed E-state index contributed by atoms with van der Waals surface area (Å²) < 4.78 is 10.5. The lowest BCUT2D eigenvalue weighted by Gasteiger charge is -2.14. The quantitative estimate of drug-likeness (QED) is 0.701. The van der Waals surface area contributed by atoms with Crippen molar-refractivity contribution in [1.82, 2.24) is 10.1 Å². The number of benzene rings is 1. The normalized spacial score (nSPS) is 10.8. The lowest BCUT2D eigenvalue weighted by atomic mass is 10.3. The fourth-order valence-electron chi connectivity index (χ4n) is 2.40. The number of methoxy groups -OCH3 is 1. The Hall–Kier alpha value is -2.64. The maximum Gasteiger partial charge on any atom is 0.238 e. The summed E-state index contributed by atoms with van der Waals surface area (Å²) in [5.41, 5.74) is 1.50. The summed E-state index contributed by atoms with van der Waals surface area (Å²) in [4.78, 5) is 15.1. The molecule has 1 aromatic carbocycles. The highest BCUT2D eigenvalue weighted by Gasteiger charge is 2.12. The number of anilines is 1. The van der Waals surface area contributed by atoms with E-state index in [0.717, 1.165) is 16.3 Å². The van der Waals surface area contributed by atoms with Crippen LogP contribution in [0.1, 0.15) is 5.69 Å². The van der Waals surface area contributed by atoms with Crippen LogP contribution in [0.4, 0.5) is 5.69 Å². The molecule has 0 bridgehead atoms. The van der Waals surface area contributed by atoms with E-state index in [0.29, 0.717) is 18.0 Å². The molecule has 25 heavy (non-hydrogen) atoms. The summed E-state index contributed by atoms with van der Waals surface area (Å²) in [6.07, 6.45) is 0. The SMILES string of the molecule is COc1cccc(NC(=O)CN(C)Cc2cc(-c3cccs3)on2)c1. The summed E-state index contributed by atoms with van der Waals surface area (Å²) in [7, 11) is 3.46. The van der Waals surface area contributed by atoms with E-state index in [2.05, 4.69) is 10.5 Å². The summed E-state index contributed by atoms with van der Waals surface area (Å²) in [6, 6.07) is 13.1. The van der Waals surface area contributed by atoms with E-state index in [1.165, 1.54) is 0 Å². The van der Waals surface area contributed by atoms with Gasteiger partial charge in [-0.05, 0) is 30.6 Å². The lowest BCUT2D eigenvalue weighted by molar-refractivity contribution is -0.117. The van der Waals surface area contributed by atoms with Crippen LogP contribution < -0.4 is 10.1 Å². The third-order valence-corrected chi connectivity index (χ3v) is 4.41. The van der Waals surface area contributed by atoms with Gasteiger partial charge in [0.05, 0.1) is 24.2 Å². The Balaban J connectivity index is 1.53. The van der Waals surface area contributed by atoms with Crippen molar-refractivity contribution in [2.45, 2.75) is 6.54 Å². The zero-order valence-electron chi connectivity index (χ0n) is 14.1. The molecule has 0 fully saturated rings. The minimum Gasteiger partial charge on any atom is -0.497 e. The number of ether oxygens (including phenoxy) is 1. The zero-order valence-corrected chi connectivity index (χ0v) is 14.9. The molecule has 2 heterocycles. The minimum atomic E-state index is -0.0993. The summed E-state index contributed by atoms with van der Waals surface area (Å²) in [6.45, 7) is 0.777. The van der Waals surface area contributed by atoms with Gasteiger partial charge in [-0.3, -0.25) is 9.69 Å². The van der Waals surface area contributed by atoms with Crippen molar-refractivity contribution in [1.29, 1.82) is 0 Å². The molecule has 0 aliphatic carbocycles. The minimum absolute atomic E-state index is 0.0993. The second-order valence-electron chi connectivity index (χ2n) is 5.61. The topological polar surface area (TPSA) is 67.6 Å². The van der Waals surface area contributed by atoms with Crippen LogP contribution in [0, 0.1) is 0 Å². The largest absolute Gasteiger partial charge is 0.497 e. The van der Waals surface area contributed by atoms with Crippen LogP contribution in [0.15, 0.2) is 52.4 Å². The Labute approximate surface area is 150 Å². The van der Waals surface area contributed by atoms with Gasteiger partial charge in [-0.25, -0.2) is 0 Å². The van der Waals surface area contributed by atoms with Crippen molar-refractivity contribution in [3.63, 3.8) is 0 Å². The number of thiophene rings is 1. The van der Waals surface area contributed by atoms with Gasteiger partial charge in [0.25, 0.3) is 0 Å². The molecule has 0 atom stereocenters.